The molecule has 0 unspecified atom stereocenters. The number of nitrogens with zero attached hydrogens (tertiary/aromatic N) is 4. The Morgan fingerprint density at radius 1 is 1.22 bits per heavy atom. The second-order valence-electron chi connectivity index (χ2n) is 9.02. The van der Waals surface area contributed by atoms with E-state index in [1.54, 1.807) is 22.9 Å². The Balaban J connectivity index is 1.60. The smallest absolute Gasteiger partial charge is 0.294 e. The number of benzene rings is 2. The van der Waals surface area contributed by atoms with Crippen LogP contribution in [0.3, 0.4) is 0 Å². The van der Waals surface area contributed by atoms with Crippen LogP contribution in [0.25, 0.3) is 11.3 Å². The molecule has 0 bridgehead atoms. The number of thiazole rings is 1. The molecule has 1 N–H and O–H groups in total. The van der Waals surface area contributed by atoms with E-state index >= 15 is 0 Å². The number of amides is 1. The highest BCUT2D eigenvalue weighted by Crippen LogP contribution is 2.34. The summed E-state index contributed by atoms with van der Waals surface area (Å²) in [4.78, 5) is 28.2. The first kappa shape index (κ1) is 23.9. The summed E-state index contributed by atoms with van der Waals surface area (Å²) in [6.07, 6.45) is 6.51. The molecule has 5 rings (SSSR count). The fourth-order valence-corrected chi connectivity index (χ4v) is 5.52. The minimum atomic E-state index is -0.426. The van der Waals surface area contributed by atoms with Crippen molar-refractivity contribution in [2.24, 2.45) is 16.0 Å². The molecule has 1 aliphatic heterocycles. The minimum Gasteiger partial charge on any atom is -0.482 e. The molecular weight excluding hydrogens is 478 g/mol. The highest BCUT2D eigenvalue weighted by molar-refractivity contribution is 7.07. The molecule has 0 atom stereocenters. The summed E-state index contributed by atoms with van der Waals surface area (Å²) in [7, 11) is 0. The monoisotopic (exact) mass is 505 g/mol. The number of fused-ring (bicyclic) bond motifs is 1. The minimum absolute atomic E-state index is 0.00361. The number of para-hydroxylation sites is 2. The summed E-state index contributed by atoms with van der Waals surface area (Å²) in [6, 6.07) is 12.1. The van der Waals surface area contributed by atoms with Gasteiger partial charge < -0.3 is 10.1 Å². The Morgan fingerprint density at radius 2 is 2.03 bits per heavy atom. The lowest BCUT2D eigenvalue weighted by atomic mass is 9.85. The maximum Gasteiger partial charge on any atom is 0.294 e. The second-order valence-corrected chi connectivity index (χ2v) is 9.86. The van der Waals surface area contributed by atoms with Gasteiger partial charge in [-0.15, -0.1) is 11.3 Å². The number of anilines is 1. The van der Waals surface area contributed by atoms with E-state index in [4.69, 9.17) is 9.84 Å². The number of aromatic nitrogens is 1. The van der Waals surface area contributed by atoms with Crippen LogP contribution in [0.5, 0.6) is 5.75 Å². The van der Waals surface area contributed by atoms with Crippen molar-refractivity contribution in [3.8, 4) is 17.0 Å². The molecule has 1 aromatic heterocycles. The van der Waals surface area contributed by atoms with E-state index in [0.717, 1.165) is 48.6 Å². The number of hydrogen-bond donors (Lipinski definition) is 1. The van der Waals surface area contributed by atoms with Gasteiger partial charge in [-0.3, -0.25) is 14.9 Å². The van der Waals surface area contributed by atoms with Crippen molar-refractivity contribution in [2.75, 3.05) is 11.9 Å². The lowest BCUT2D eigenvalue weighted by Crippen LogP contribution is -2.25. The van der Waals surface area contributed by atoms with Crippen molar-refractivity contribution in [3.05, 3.63) is 62.8 Å². The van der Waals surface area contributed by atoms with Gasteiger partial charge in [0.25, 0.3) is 11.6 Å². The quantitative estimate of drug-likeness (QED) is 0.333. The van der Waals surface area contributed by atoms with Gasteiger partial charge in [-0.05, 0) is 55.9 Å². The van der Waals surface area contributed by atoms with Crippen LogP contribution in [0, 0.1) is 16.0 Å². The SMILES string of the molecule is CCCC1CCC(=Nn2c(-c3ccc4c(c3)NC(=O)CO4)csc2=Nc2ccccc2[N+](=O)[O-])CC1. The number of nitrogens with one attached hydrogen (secondary N) is 1. The topological polar surface area (TPSA) is 111 Å². The van der Waals surface area contributed by atoms with Crippen molar-refractivity contribution < 1.29 is 14.5 Å². The van der Waals surface area contributed by atoms with Gasteiger partial charge in [0.05, 0.1) is 16.3 Å². The van der Waals surface area contributed by atoms with E-state index in [1.807, 2.05) is 23.6 Å². The van der Waals surface area contributed by atoms with Gasteiger partial charge in [0, 0.05) is 22.7 Å². The van der Waals surface area contributed by atoms with Gasteiger partial charge in [0.15, 0.2) is 6.61 Å². The zero-order valence-electron chi connectivity index (χ0n) is 20.0. The summed E-state index contributed by atoms with van der Waals surface area (Å²) in [5.74, 6) is 1.15. The Labute approximate surface area is 212 Å². The van der Waals surface area contributed by atoms with E-state index in [2.05, 4.69) is 17.2 Å². The Kier molecular flexibility index (Phi) is 6.95. The molecule has 0 radical (unpaired) electrons. The van der Waals surface area contributed by atoms with Crippen molar-refractivity contribution in [2.45, 2.75) is 45.4 Å². The van der Waals surface area contributed by atoms with Crippen LogP contribution in [0.2, 0.25) is 0 Å². The van der Waals surface area contributed by atoms with Crippen molar-refractivity contribution in [3.63, 3.8) is 0 Å². The summed E-state index contributed by atoms with van der Waals surface area (Å²) in [6.45, 7) is 2.22. The zero-order chi connectivity index (χ0) is 25.1. The highest BCUT2D eigenvalue weighted by Gasteiger charge is 2.21. The van der Waals surface area contributed by atoms with E-state index in [1.165, 1.54) is 30.2 Å². The molecule has 1 amide bonds. The molecule has 2 aliphatic rings. The fourth-order valence-electron chi connectivity index (χ4n) is 4.68. The molecule has 0 saturated heterocycles. The number of rotatable bonds is 6. The first-order valence-electron chi connectivity index (χ1n) is 12.1. The number of nitro groups is 1. The first-order chi connectivity index (χ1) is 17.5. The average molecular weight is 506 g/mol. The van der Waals surface area contributed by atoms with Crippen molar-refractivity contribution in [1.29, 1.82) is 0 Å². The normalized spacial score (nSPS) is 17.8. The third-order valence-electron chi connectivity index (χ3n) is 6.51. The van der Waals surface area contributed by atoms with Gasteiger partial charge in [-0.1, -0.05) is 31.9 Å². The molecule has 2 aromatic carbocycles. The lowest BCUT2D eigenvalue weighted by molar-refractivity contribution is -0.384. The summed E-state index contributed by atoms with van der Waals surface area (Å²) in [5, 5.41) is 21.4. The Morgan fingerprint density at radius 3 is 2.81 bits per heavy atom. The summed E-state index contributed by atoms with van der Waals surface area (Å²) < 4.78 is 7.28. The van der Waals surface area contributed by atoms with E-state index < -0.39 is 4.92 Å². The third-order valence-corrected chi connectivity index (χ3v) is 7.32. The molecule has 186 valence electrons. The van der Waals surface area contributed by atoms with Gasteiger partial charge in [-0.2, -0.15) is 5.10 Å². The zero-order valence-corrected chi connectivity index (χ0v) is 20.8. The standard InChI is InChI=1S/C26H27N5O4S/c1-2-5-17-8-11-19(12-9-17)29-30-23(18-10-13-24-21(14-18)27-25(32)15-35-24)16-36-26(30)28-20-6-3-4-7-22(20)31(33)34/h3-4,6-7,10,13-14,16-17H,2,5,8-9,11-12,15H2,1H3,(H,27,32). The van der Waals surface area contributed by atoms with Crippen LogP contribution < -0.4 is 14.9 Å². The molecular formula is C26H27N5O4S. The first-order valence-corrected chi connectivity index (χ1v) is 13.0. The van der Waals surface area contributed by atoms with E-state index in [9.17, 15) is 14.9 Å². The highest BCUT2D eigenvalue weighted by atomic mass is 32.1. The van der Waals surface area contributed by atoms with Crippen LogP contribution in [0.1, 0.15) is 45.4 Å². The van der Waals surface area contributed by atoms with E-state index in [-0.39, 0.29) is 23.9 Å². The predicted octanol–water partition coefficient (Wildman–Crippen LogP) is 5.88. The average Bonchev–Trinajstić information content (AvgIpc) is 3.27. The van der Waals surface area contributed by atoms with Crippen LogP contribution in [-0.2, 0) is 4.79 Å². The molecule has 0 spiro atoms. The van der Waals surface area contributed by atoms with Gasteiger partial charge in [0.1, 0.15) is 11.4 Å². The van der Waals surface area contributed by atoms with Crippen molar-refractivity contribution >= 4 is 40.0 Å². The van der Waals surface area contributed by atoms with E-state index in [0.29, 0.717) is 16.2 Å². The third kappa shape index (κ3) is 5.08. The number of hydrogen-bond acceptors (Lipinski definition) is 7. The molecule has 3 aromatic rings. The van der Waals surface area contributed by atoms with Gasteiger partial charge in [0.2, 0.25) is 4.80 Å². The number of nitro benzene ring substituents is 1. The number of carbonyl (C=O) groups excluding carboxylic acids is 1. The second kappa shape index (κ2) is 10.4. The Hall–Kier alpha value is -3.79. The summed E-state index contributed by atoms with van der Waals surface area (Å²) in [5.41, 5.74) is 3.56. The molecule has 10 heteroatoms. The largest absolute Gasteiger partial charge is 0.482 e. The molecule has 1 fully saturated rings. The van der Waals surface area contributed by atoms with Crippen LogP contribution in [0.15, 0.2) is 57.9 Å². The maximum absolute atomic E-state index is 11.8. The number of carbonyl (C=O) groups is 1. The maximum atomic E-state index is 11.8. The van der Waals surface area contributed by atoms with Crippen LogP contribution in [-0.4, -0.2) is 27.8 Å². The Bertz CT molecular complexity index is 1400. The van der Waals surface area contributed by atoms with Gasteiger partial charge >= 0.3 is 0 Å². The van der Waals surface area contributed by atoms with Crippen molar-refractivity contribution in [1.82, 2.24) is 4.68 Å². The lowest BCUT2D eigenvalue weighted by Gasteiger charge is -2.22. The predicted molar refractivity (Wildman–Crippen MR) is 140 cm³/mol. The number of ether oxygens (including phenoxy) is 1. The molecule has 2 heterocycles. The molecule has 9 nitrogen and oxygen atoms in total. The van der Waals surface area contributed by atoms with Crippen LogP contribution in [0.4, 0.5) is 17.1 Å². The molecule has 1 saturated carbocycles. The van der Waals surface area contributed by atoms with Crippen LogP contribution >= 0.6 is 11.3 Å². The van der Waals surface area contributed by atoms with Gasteiger partial charge in [-0.25, -0.2) is 9.67 Å². The fraction of sp³-hybridized carbons (Fsp3) is 0.346. The molecule has 1 aliphatic carbocycles. The summed E-state index contributed by atoms with van der Waals surface area (Å²) >= 11 is 1.37. The molecule has 36 heavy (non-hydrogen) atoms.